The molecule has 0 aliphatic heterocycles. The van der Waals surface area contributed by atoms with E-state index in [9.17, 15) is 5.26 Å². The van der Waals surface area contributed by atoms with Crippen LogP contribution >= 0.6 is 11.8 Å². The Morgan fingerprint density at radius 1 is 1.47 bits per heavy atom. The molecule has 1 aromatic rings. The molecular formula is C13H15NS. The molecule has 0 amide bonds. The van der Waals surface area contributed by atoms with Gasteiger partial charge in [-0.2, -0.15) is 5.26 Å². The second-order valence-corrected chi connectivity index (χ2v) is 6.00. The van der Waals surface area contributed by atoms with Crippen LogP contribution in [-0.2, 0) is 0 Å². The van der Waals surface area contributed by atoms with E-state index in [-0.39, 0.29) is 4.75 Å². The van der Waals surface area contributed by atoms with Crippen LogP contribution in [0.25, 0.3) is 0 Å². The topological polar surface area (TPSA) is 23.8 Å². The average Bonchev–Trinajstić information content (AvgIpc) is 2.15. The second-order valence-electron chi connectivity index (χ2n) is 4.54. The summed E-state index contributed by atoms with van der Waals surface area (Å²) in [5, 5.41) is 9.21. The SMILES string of the molecule is Cc1cccc(SC2(C#N)CC(C)C2)c1. The minimum atomic E-state index is -0.146. The molecule has 0 heterocycles. The highest BCUT2D eigenvalue weighted by Crippen LogP contribution is 2.50. The lowest BCUT2D eigenvalue weighted by molar-refractivity contribution is 0.303. The summed E-state index contributed by atoms with van der Waals surface area (Å²) in [6.45, 7) is 4.30. The van der Waals surface area contributed by atoms with E-state index in [1.807, 2.05) is 0 Å². The van der Waals surface area contributed by atoms with Crippen molar-refractivity contribution in [1.82, 2.24) is 0 Å². The zero-order valence-corrected chi connectivity index (χ0v) is 9.97. The summed E-state index contributed by atoms with van der Waals surface area (Å²) in [7, 11) is 0. The number of hydrogen-bond donors (Lipinski definition) is 0. The van der Waals surface area contributed by atoms with E-state index < -0.39 is 0 Å². The Morgan fingerprint density at radius 2 is 2.20 bits per heavy atom. The lowest BCUT2D eigenvalue weighted by Crippen LogP contribution is -2.37. The van der Waals surface area contributed by atoms with Gasteiger partial charge in [-0.15, -0.1) is 11.8 Å². The largest absolute Gasteiger partial charge is 0.197 e. The van der Waals surface area contributed by atoms with Crippen molar-refractivity contribution in [2.75, 3.05) is 0 Å². The van der Waals surface area contributed by atoms with Crippen LogP contribution in [0.4, 0.5) is 0 Å². The van der Waals surface area contributed by atoms with Crippen LogP contribution in [0.3, 0.4) is 0 Å². The molecule has 1 aromatic carbocycles. The molecule has 0 bridgehead atoms. The van der Waals surface area contributed by atoms with E-state index in [1.54, 1.807) is 11.8 Å². The third kappa shape index (κ3) is 2.18. The second kappa shape index (κ2) is 3.90. The summed E-state index contributed by atoms with van der Waals surface area (Å²) in [6.07, 6.45) is 2.06. The number of rotatable bonds is 2. The third-order valence-corrected chi connectivity index (χ3v) is 4.17. The van der Waals surface area contributed by atoms with Gasteiger partial charge in [0, 0.05) is 4.90 Å². The van der Waals surface area contributed by atoms with Crippen molar-refractivity contribution in [2.45, 2.75) is 36.3 Å². The van der Waals surface area contributed by atoms with Gasteiger partial charge in [0.2, 0.25) is 0 Å². The third-order valence-electron chi connectivity index (χ3n) is 2.86. The Bertz CT molecular complexity index is 399. The van der Waals surface area contributed by atoms with Crippen LogP contribution < -0.4 is 0 Å². The van der Waals surface area contributed by atoms with Crippen LogP contribution in [0.15, 0.2) is 29.2 Å². The molecule has 1 aliphatic rings. The van der Waals surface area contributed by atoms with Gasteiger partial charge in [0.25, 0.3) is 0 Å². The fourth-order valence-electron chi connectivity index (χ4n) is 2.17. The monoisotopic (exact) mass is 217 g/mol. The Labute approximate surface area is 95.5 Å². The van der Waals surface area contributed by atoms with Gasteiger partial charge in [-0.05, 0) is 37.8 Å². The van der Waals surface area contributed by atoms with Gasteiger partial charge in [0.05, 0.1) is 6.07 Å². The highest BCUT2D eigenvalue weighted by atomic mass is 32.2. The van der Waals surface area contributed by atoms with E-state index in [0.29, 0.717) is 5.92 Å². The van der Waals surface area contributed by atoms with Crippen molar-refractivity contribution in [1.29, 1.82) is 5.26 Å². The molecule has 1 aliphatic carbocycles. The maximum atomic E-state index is 9.21. The van der Waals surface area contributed by atoms with Gasteiger partial charge < -0.3 is 0 Å². The molecule has 0 unspecified atom stereocenters. The smallest absolute Gasteiger partial charge is 0.107 e. The molecule has 2 heteroatoms. The first-order valence-electron chi connectivity index (χ1n) is 5.30. The maximum absolute atomic E-state index is 9.21. The van der Waals surface area contributed by atoms with Crippen molar-refractivity contribution in [2.24, 2.45) is 5.92 Å². The van der Waals surface area contributed by atoms with Crippen LogP contribution in [0.1, 0.15) is 25.3 Å². The Kier molecular flexibility index (Phi) is 2.75. The number of nitriles is 1. The number of aryl methyl sites for hydroxylation is 1. The summed E-state index contributed by atoms with van der Waals surface area (Å²) in [5.41, 5.74) is 1.26. The van der Waals surface area contributed by atoms with Crippen molar-refractivity contribution in [3.8, 4) is 6.07 Å². The first-order valence-corrected chi connectivity index (χ1v) is 6.12. The zero-order chi connectivity index (χ0) is 10.9. The van der Waals surface area contributed by atoms with Crippen LogP contribution in [0.5, 0.6) is 0 Å². The van der Waals surface area contributed by atoms with Gasteiger partial charge in [0.1, 0.15) is 4.75 Å². The van der Waals surface area contributed by atoms with Crippen molar-refractivity contribution in [3.05, 3.63) is 29.8 Å². The van der Waals surface area contributed by atoms with Crippen molar-refractivity contribution in [3.63, 3.8) is 0 Å². The lowest BCUT2D eigenvalue weighted by atomic mass is 9.76. The molecule has 0 N–H and O–H groups in total. The summed E-state index contributed by atoms with van der Waals surface area (Å²) < 4.78 is -0.146. The minimum Gasteiger partial charge on any atom is -0.197 e. The number of benzene rings is 1. The molecule has 78 valence electrons. The molecular weight excluding hydrogens is 202 g/mol. The molecule has 0 saturated heterocycles. The molecule has 0 atom stereocenters. The lowest BCUT2D eigenvalue weighted by Gasteiger charge is -2.40. The summed E-state index contributed by atoms with van der Waals surface area (Å²) >= 11 is 1.73. The fourth-order valence-corrected chi connectivity index (χ4v) is 3.79. The summed E-state index contributed by atoms with van der Waals surface area (Å²) in [4.78, 5) is 1.23. The van der Waals surface area contributed by atoms with Gasteiger partial charge in [-0.3, -0.25) is 0 Å². The molecule has 1 saturated carbocycles. The highest BCUT2D eigenvalue weighted by Gasteiger charge is 2.43. The van der Waals surface area contributed by atoms with Gasteiger partial charge >= 0.3 is 0 Å². The summed E-state index contributed by atoms with van der Waals surface area (Å²) in [5.74, 6) is 0.710. The first kappa shape index (κ1) is 10.6. The fraction of sp³-hybridized carbons (Fsp3) is 0.462. The molecule has 0 radical (unpaired) electrons. The van der Waals surface area contributed by atoms with Crippen molar-refractivity contribution >= 4 is 11.8 Å². The standard InChI is InChI=1S/C13H15NS/c1-10-4-3-5-12(6-10)15-13(9-14)7-11(2)8-13/h3-6,11H,7-8H2,1-2H3. The van der Waals surface area contributed by atoms with E-state index in [4.69, 9.17) is 0 Å². The highest BCUT2D eigenvalue weighted by molar-refractivity contribution is 8.01. The number of hydrogen-bond acceptors (Lipinski definition) is 2. The molecule has 1 fully saturated rings. The first-order chi connectivity index (χ1) is 7.13. The van der Waals surface area contributed by atoms with E-state index in [2.05, 4.69) is 44.2 Å². The molecule has 2 rings (SSSR count). The van der Waals surface area contributed by atoms with Gasteiger partial charge in [-0.1, -0.05) is 24.6 Å². The maximum Gasteiger partial charge on any atom is 0.107 e. The number of nitrogens with zero attached hydrogens (tertiary/aromatic N) is 1. The normalized spacial score (nSPS) is 29.3. The van der Waals surface area contributed by atoms with E-state index in [1.165, 1.54) is 10.5 Å². The molecule has 0 aromatic heterocycles. The van der Waals surface area contributed by atoms with Crippen LogP contribution in [-0.4, -0.2) is 4.75 Å². The van der Waals surface area contributed by atoms with Gasteiger partial charge in [-0.25, -0.2) is 0 Å². The van der Waals surface area contributed by atoms with Crippen molar-refractivity contribution < 1.29 is 0 Å². The average molecular weight is 217 g/mol. The van der Waals surface area contributed by atoms with Crippen LogP contribution in [0, 0.1) is 24.2 Å². The molecule has 15 heavy (non-hydrogen) atoms. The quantitative estimate of drug-likeness (QED) is 0.752. The Balaban J connectivity index is 2.12. The minimum absolute atomic E-state index is 0.146. The van der Waals surface area contributed by atoms with E-state index in [0.717, 1.165) is 12.8 Å². The van der Waals surface area contributed by atoms with Crippen LogP contribution in [0.2, 0.25) is 0 Å². The molecule has 1 nitrogen and oxygen atoms in total. The molecule has 0 spiro atoms. The Hall–Kier alpha value is -0.940. The predicted octanol–water partition coefficient (Wildman–Crippen LogP) is 3.78. The zero-order valence-electron chi connectivity index (χ0n) is 9.16. The van der Waals surface area contributed by atoms with Gasteiger partial charge in [0.15, 0.2) is 0 Å². The van der Waals surface area contributed by atoms with E-state index >= 15 is 0 Å². The summed E-state index contributed by atoms with van der Waals surface area (Å²) in [6, 6.07) is 10.9. The predicted molar refractivity (Wildman–Crippen MR) is 63.8 cm³/mol. The Morgan fingerprint density at radius 3 is 2.73 bits per heavy atom. The number of thioether (sulfide) groups is 1.